The number of benzene rings is 1. The number of aromatic nitrogens is 1. The second-order valence-electron chi connectivity index (χ2n) is 4.28. The molecule has 0 bridgehead atoms. The van der Waals surface area contributed by atoms with Crippen LogP contribution in [0.3, 0.4) is 0 Å². The molecule has 0 fully saturated rings. The Bertz CT molecular complexity index is 556. The van der Waals surface area contributed by atoms with Gasteiger partial charge in [-0.25, -0.2) is 4.98 Å². The molecular formula is C15H18N2O2. The van der Waals surface area contributed by atoms with Gasteiger partial charge >= 0.3 is 0 Å². The van der Waals surface area contributed by atoms with E-state index >= 15 is 0 Å². The molecule has 0 aliphatic rings. The third-order valence-electron chi connectivity index (χ3n) is 2.65. The fourth-order valence-corrected chi connectivity index (χ4v) is 1.60. The average molecular weight is 258 g/mol. The highest BCUT2D eigenvalue weighted by Gasteiger charge is 2.07. The Labute approximate surface area is 113 Å². The van der Waals surface area contributed by atoms with E-state index in [1.807, 2.05) is 37.3 Å². The minimum atomic E-state index is 0.472. The van der Waals surface area contributed by atoms with Gasteiger partial charge in [-0.2, -0.15) is 0 Å². The number of nitrogen functional groups attached to an aromatic ring is 1. The molecule has 1 aromatic carbocycles. The van der Waals surface area contributed by atoms with E-state index in [2.05, 4.69) is 11.9 Å². The minimum Gasteiger partial charge on any atom is -0.488 e. The fourth-order valence-electron chi connectivity index (χ4n) is 1.60. The van der Waals surface area contributed by atoms with Gasteiger partial charge in [-0.05, 0) is 49.2 Å². The molecule has 0 aliphatic carbocycles. The summed E-state index contributed by atoms with van der Waals surface area (Å²) in [5, 5.41) is 0. The lowest BCUT2D eigenvalue weighted by molar-refractivity contribution is 0.298. The number of rotatable bonds is 5. The van der Waals surface area contributed by atoms with E-state index in [0.717, 1.165) is 17.7 Å². The molecule has 1 aromatic heterocycles. The Morgan fingerprint density at radius 1 is 1.26 bits per heavy atom. The molecule has 0 radical (unpaired) electrons. The van der Waals surface area contributed by atoms with Gasteiger partial charge in [0.1, 0.15) is 5.75 Å². The van der Waals surface area contributed by atoms with Crippen molar-refractivity contribution < 1.29 is 9.47 Å². The van der Waals surface area contributed by atoms with E-state index in [9.17, 15) is 0 Å². The van der Waals surface area contributed by atoms with Crippen LogP contribution in [0, 0.1) is 6.92 Å². The van der Waals surface area contributed by atoms with E-state index < -0.39 is 0 Å². The topological polar surface area (TPSA) is 57.4 Å². The van der Waals surface area contributed by atoms with Gasteiger partial charge in [-0.3, -0.25) is 0 Å². The molecular weight excluding hydrogens is 240 g/mol. The highest BCUT2D eigenvalue weighted by molar-refractivity contribution is 5.50. The highest BCUT2D eigenvalue weighted by atomic mass is 16.5. The van der Waals surface area contributed by atoms with Gasteiger partial charge in [0.15, 0.2) is 5.75 Å². The second-order valence-corrected chi connectivity index (χ2v) is 4.28. The first-order valence-corrected chi connectivity index (χ1v) is 6.32. The first kappa shape index (κ1) is 13.2. The van der Waals surface area contributed by atoms with Gasteiger partial charge in [0.2, 0.25) is 0 Å². The maximum Gasteiger partial charge on any atom is 0.262 e. The van der Waals surface area contributed by atoms with Gasteiger partial charge in [-0.15, -0.1) is 0 Å². The summed E-state index contributed by atoms with van der Waals surface area (Å²) in [6, 6.07) is 9.20. The second kappa shape index (κ2) is 6.09. The molecule has 0 atom stereocenters. The lowest BCUT2D eigenvalue weighted by Gasteiger charge is -2.11. The summed E-state index contributed by atoms with van der Waals surface area (Å²) in [6.45, 7) is 4.64. The molecule has 1 heterocycles. The van der Waals surface area contributed by atoms with E-state index in [4.69, 9.17) is 15.2 Å². The number of ether oxygens (including phenoxy) is 2. The average Bonchev–Trinajstić information content (AvgIpc) is 2.42. The fraction of sp³-hybridized carbons (Fsp3) is 0.267. The summed E-state index contributed by atoms with van der Waals surface area (Å²) in [5.74, 6) is 1.82. The van der Waals surface area contributed by atoms with Crippen molar-refractivity contribution in [2.75, 3.05) is 12.3 Å². The number of nitrogens with zero attached hydrogens (tertiary/aromatic N) is 1. The quantitative estimate of drug-likeness (QED) is 0.833. The van der Waals surface area contributed by atoms with Crippen LogP contribution in [0.1, 0.15) is 18.9 Å². The van der Waals surface area contributed by atoms with E-state index in [0.29, 0.717) is 24.0 Å². The zero-order valence-electron chi connectivity index (χ0n) is 11.2. The standard InChI is InChI=1S/C15H18N2O2/c1-3-9-18-14-5-4-8-17-15(14)19-12-6-7-13(16)11(2)10-12/h4-8,10H,3,9,16H2,1-2H3. The van der Waals surface area contributed by atoms with Crippen molar-refractivity contribution in [1.29, 1.82) is 0 Å². The highest BCUT2D eigenvalue weighted by Crippen LogP contribution is 2.30. The Hall–Kier alpha value is -2.23. The normalized spacial score (nSPS) is 10.2. The molecule has 0 amide bonds. The molecule has 0 unspecified atom stereocenters. The minimum absolute atomic E-state index is 0.472. The number of nitrogens with two attached hydrogens (primary N) is 1. The molecule has 2 N–H and O–H groups in total. The number of aryl methyl sites for hydroxylation is 1. The van der Waals surface area contributed by atoms with Crippen LogP contribution in [-0.2, 0) is 0 Å². The van der Waals surface area contributed by atoms with E-state index in [1.165, 1.54) is 0 Å². The van der Waals surface area contributed by atoms with Gasteiger partial charge in [-0.1, -0.05) is 6.92 Å². The molecule has 0 aliphatic heterocycles. The van der Waals surface area contributed by atoms with Crippen LogP contribution in [0.2, 0.25) is 0 Å². The van der Waals surface area contributed by atoms with Crippen LogP contribution in [0.5, 0.6) is 17.4 Å². The number of hydrogen-bond donors (Lipinski definition) is 1. The van der Waals surface area contributed by atoms with Crippen molar-refractivity contribution in [3.8, 4) is 17.4 Å². The summed E-state index contributed by atoms with van der Waals surface area (Å²) in [7, 11) is 0. The van der Waals surface area contributed by atoms with Crippen LogP contribution in [-0.4, -0.2) is 11.6 Å². The van der Waals surface area contributed by atoms with Crippen LogP contribution < -0.4 is 15.2 Å². The number of hydrogen-bond acceptors (Lipinski definition) is 4. The van der Waals surface area contributed by atoms with Crippen molar-refractivity contribution in [1.82, 2.24) is 4.98 Å². The van der Waals surface area contributed by atoms with Crippen LogP contribution in [0.15, 0.2) is 36.5 Å². The SMILES string of the molecule is CCCOc1cccnc1Oc1ccc(N)c(C)c1. The third kappa shape index (κ3) is 3.37. The van der Waals surface area contributed by atoms with Crippen molar-refractivity contribution in [3.63, 3.8) is 0 Å². The largest absolute Gasteiger partial charge is 0.488 e. The Morgan fingerprint density at radius 3 is 2.84 bits per heavy atom. The zero-order valence-corrected chi connectivity index (χ0v) is 11.2. The maximum atomic E-state index is 5.78. The molecule has 2 aromatic rings. The molecule has 0 spiro atoms. The first-order chi connectivity index (χ1) is 9.20. The zero-order chi connectivity index (χ0) is 13.7. The third-order valence-corrected chi connectivity index (χ3v) is 2.65. The molecule has 4 nitrogen and oxygen atoms in total. The van der Waals surface area contributed by atoms with Crippen molar-refractivity contribution >= 4 is 5.69 Å². The molecule has 100 valence electrons. The van der Waals surface area contributed by atoms with Gasteiger partial charge in [0.25, 0.3) is 5.88 Å². The summed E-state index contributed by atoms with van der Waals surface area (Å²) in [4.78, 5) is 4.20. The Morgan fingerprint density at radius 2 is 2.11 bits per heavy atom. The van der Waals surface area contributed by atoms with Crippen LogP contribution >= 0.6 is 0 Å². The maximum absolute atomic E-state index is 5.78. The van der Waals surface area contributed by atoms with E-state index in [1.54, 1.807) is 6.20 Å². The molecule has 4 heteroatoms. The first-order valence-electron chi connectivity index (χ1n) is 6.32. The molecule has 0 saturated heterocycles. The summed E-state index contributed by atoms with van der Waals surface area (Å²) < 4.78 is 11.4. The van der Waals surface area contributed by atoms with Crippen molar-refractivity contribution in [2.24, 2.45) is 0 Å². The predicted molar refractivity (Wildman–Crippen MR) is 75.7 cm³/mol. The van der Waals surface area contributed by atoms with Crippen molar-refractivity contribution in [2.45, 2.75) is 20.3 Å². The van der Waals surface area contributed by atoms with Crippen molar-refractivity contribution in [3.05, 3.63) is 42.1 Å². The van der Waals surface area contributed by atoms with Gasteiger partial charge in [0.05, 0.1) is 6.61 Å². The summed E-state index contributed by atoms with van der Waals surface area (Å²) in [6.07, 6.45) is 2.62. The summed E-state index contributed by atoms with van der Waals surface area (Å²) in [5.41, 5.74) is 7.50. The van der Waals surface area contributed by atoms with Crippen LogP contribution in [0.4, 0.5) is 5.69 Å². The lowest BCUT2D eigenvalue weighted by atomic mass is 10.2. The molecule has 0 saturated carbocycles. The predicted octanol–water partition coefficient (Wildman–Crippen LogP) is 3.55. The van der Waals surface area contributed by atoms with Crippen LogP contribution in [0.25, 0.3) is 0 Å². The lowest BCUT2D eigenvalue weighted by Crippen LogP contribution is -1.99. The van der Waals surface area contributed by atoms with Gasteiger partial charge < -0.3 is 15.2 Å². The number of pyridine rings is 1. The Kier molecular flexibility index (Phi) is 4.23. The van der Waals surface area contributed by atoms with E-state index in [-0.39, 0.29) is 0 Å². The van der Waals surface area contributed by atoms with Gasteiger partial charge in [0, 0.05) is 11.9 Å². The summed E-state index contributed by atoms with van der Waals surface area (Å²) >= 11 is 0. The monoisotopic (exact) mass is 258 g/mol. The molecule has 2 rings (SSSR count). The smallest absolute Gasteiger partial charge is 0.262 e. The Balaban J connectivity index is 2.20. The molecule has 19 heavy (non-hydrogen) atoms. The number of anilines is 1.